The van der Waals surface area contributed by atoms with E-state index in [4.69, 9.17) is 9.47 Å². The fourth-order valence-electron chi connectivity index (χ4n) is 4.44. The van der Waals surface area contributed by atoms with Crippen molar-refractivity contribution in [1.82, 2.24) is 4.67 Å². The molecule has 4 rings (SSSR count). The molecule has 1 amide bonds. The highest BCUT2D eigenvalue weighted by atomic mass is 31.2. The molecule has 3 aromatic carbocycles. The molecule has 0 saturated heterocycles. The van der Waals surface area contributed by atoms with Gasteiger partial charge in [-0.3, -0.25) is 0 Å². The number of carboxylic acids is 1. The van der Waals surface area contributed by atoms with Crippen LogP contribution in [0.4, 0.5) is 4.79 Å². The topological polar surface area (TPSA) is 134 Å². The third-order valence-electron chi connectivity index (χ3n) is 6.12. The molecule has 0 spiro atoms. The van der Waals surface area contributed by atoms with Crippen LogP contribution < -0.4 is 0 Å². The molecule has 2 atom stereocenters. The van der Waals surface area contributed by atoms with Crippen LogP contribution in [0.25, 0.3) is 11.1 Å². The number of benzene rings is 3. The van der Waals surface area contributed by atoms with Crippen LogP contribution >= 0.6 is 7.75 Å². The minimum absolute atomic E-state index is 0.00846. The maximum absolute atomic E-state index is 13.0. The molecule has 0 radical (unpaired) electrons. The van der Waals surface area contributed by atoms with Crippen molar-refractivity contribution in [2.75, 3.05) is 6.61 Å². The van der Waals surface area contributed by atoms with Crippen LogP contribution in [0.5, 0.6) is 0 Å². The molecule has 3 N–H and O–H groups in total. The molecule has 0 unspecified atom stereocenters. The van der Waals surface area contributed by atoms with E-state index in [-0.39, 0.29) is 23.8 Å². The Balaban J connectivity index is 1.53. The maximum atomic E-state index is 13.0. The average molecular weight is 511 g/mol. The second-order valence-electron chi connectivity index (χ2n) is 8.45. The zero-order valence-electron chi connectivity index (χ0n) is 19.4. The molecular formula is C26H26NO8P. The summed E-state index contributed by atoms with van der Waals surface area (Å²) in [6, 6.07) is 22.1. The highest BCUT2D eigenvalue weighted by molar-refractivity contribution is 7.50. The van der Waals surface area contributed by atoms with Crippen LogP contribution in [0.2, 0.25) is 0 Å². The summed E-state index contributed by atoms with van der Waals surface area (Å²) in [6.45, 7) is 1.10. The first-order chi connectivity index (χ1) is 17.2. The summed E-state index contributed by atoms with van der Waals surface area (Å²) in [6.07, 6.45) is -2.69. The van der Waals surface area contributed by atoms with E-state index in [1.165, 1.54) is 6.92 Å². The number of amides is 1. The average Bonchev–Trinajstić information content (AvgIpc) is 3.17. The smallest absolute Gasteiger partial charge is 0.435 e. The Morgan fingerprint density at radius 2 is 1.44 bits per heavy atom. The summed E-state index contributed by atoms with van der Waals surface area (Å²) >= 11 is 0. The lowest BCUT2D eigenvalue weighted by Crippen LogP contribution is -2.50. The third kappa shape index (κ3) is 5.34. The van der Waals surface area contributed by atoms with Gasteiger partial charge < -0.3 is 24.4 Å². The van der Waals surface area contributed by atoms with Gasteiger partial charge in [-0.2, -0.15) is 4.67 Å². The number of carbonyl (C=O) groups excluding carboxylic acids is 1. The summed E-state index contributed by atoms with van der Waals surface area (Å²) in [5.74, 6) is -2.00. The van der Waals surface area contributed by atoms with Gasteiger partial charge in [-0.05, 0) is 34.7 Å². The second kappa shape index (κ2) is 10.6. The van der Waals surface area contributed by atoms with Crippen molar-refractivity contribution in [2.45, 2.75) is 31.6 Å². The monoisotopic (exact) mass is 511 g/mol. The normalized spacial score (nSPS) is 14.4. The van der Waals surface area contributed by atoms with Crippen molar-refractivity contribution in [3.05, 3.63) is 95.6 Å². The SMILES string of the molecule is C[C@@H](OCc1ccccc1)[C@@H](C(=O)O)N(C(=O)OCC1c2ccccc2-c2ccccc21)P(=O)(O)O. The molecule has 1 aliphatic carbocycles. The number of hydrogen-bond acceptors (Lipinski definition) is 5. The Hall–Kier alpha value is -3.49. The van der Waals surface area contributed by atoms with Gasteiger partial charge in [0.15, 0.2) is 6.04 Å². The van der Waals surface area contributed by atoms with Gasteiger partial charge in [-0.1, -0.05) is 78.9 Å². The Labute approximate surface area is 208 Å². The Morgan fingerprint density at radius 3 is 1.97 bits per heavy atom. The van der Waals surface area contributed by atoms with Gasteiger partial charge in [0.1, 0.15) is 6.61 Å². The van der Waals surface area contributed by atoms with Crippen LogP contribution in [0.15, 0.2) is 78.9 Å². The van der Waals surface area contributed by atoms with E-state index in [9.17, 15) is 29.0 Å². The number of fused-ring (bicyclic) bond motifs is 3. The number of rotatable bonds is 9. The predicted molar refractivity (Wildman–Crippen MR) is 131 cm³/mol. The zero-order chi connectivity index (χ0) is 25.9. The molecule has 188 valence electrons. The molecule has 36 heavy (non-hydrogen) atoms. The van der Waals surface area contributed by atoms with E-state index < -0.39 is 32.0 Å². The van der Waals surface area contributed by atoms with Gasteiger partial charge in [-0.25, -0.2) is 14.2 Å². The van der Waals surface area contributed by atoms with Crippen molar-refractivity contribution in [3.63, 3.8) is 0 Å². The lowest BCUT2D eigenvalue weighted by molar-refractivity contribution is -0.147. The predicted octanol–water partition coefficient (Wildman–Crippen LogP) is 4.39. The summed E-state index contributed by atoms with van der Waals surface area (Å²) in [4.78, 5) is 44.9. The fourth-order valence-corrected chi connectivity index (χ4v) is 5.32. The number of carbonyl (C=O) groups is 2. The Bertz CT molecular complexity index is 1250. The van der Waals surface area contributed by atoms with Crippen LogP contribution in [-0.2, 0) is 25.4 Å². The highest BCUT2D eigenvalue weighted by Crippen LogP contribution is 2.46. The first-order valence-electron chi connectivity index (χ1n) is 11.3. The number of aliphatic carboxylic acids is 1. The molecule has 0 aliphatic heterocycles. The minimum atomic E-state index is -5.39. The molecule has 0 bridgehead atoms. The van der Waals surface area contributed by atoms with E-state index in [2.05, 4.69) is 0 Å². The second-order valence-corrected chi connectivity index (χ2v) is 9.90. The molecule has 3 aromatic rings. The first kappa shape index (κ1) is 25.6. The summed E-state index contributed by atoms with van der Waals surface area (Å²) in [5.41, 5.74) is 4.50. The van der Waals surface area contributed by atoms with Gasteiger partial charge in [-0.15, -0.1) is 0 Å². The molecule has 10 heteroatoms. The van der Waals surface area contributed by atoms with Crippen molar-refractivity contribution >= 4 is 19.8 Å². The first-order valence-corrected chi connectivity index (χ1v) is 12.8. The summed E-state index contributed by atoms with van der Waals surface area (Å²) in [5, 5.41) is 9.79. The quantitative estimate of drug-likeness (QED) is 0.360. The summed E-state index contributed by atoms with van der Waals surface area (Å²) < 4.78 is 23.2. The van der Waals surface area contributed by atoms with E-state index in [1.807, 2.05) is 48.5 Å². The molecular weight excluding hydrogens is 485 g/mol. The van der Waals surface area contributed by atoms with Gasteiger partial charge >= 0.3 is 19.8 Å². The van der Waals surface area contributed by atoms with Crippen molar-refractivity contribution < 1.29 is 38.5 Å². The van der Waals surface area contributed by atoms with Gasteiger partial charge in [0.05, 0.1) is 12.7 Å². The highest BCUT2D eigenvalue weighted by Gasteiger charge is 2.46. The molecule has 0 saturated carbocycles. The zero-order valence-corrected chi connectivity index (χ0v) is 20.3. The van der Waals surface area contributed by atoms with E-state index in [1.54, 1.807) is 30.3 Å². The molecule has 0 aromatic heterocycles. The Morgan fingerprint density at radius 1 is 0.917 bits per heavy atom. The minimum Gasteiger partial charge on any atom is -0.480 e. The van der Waals surface area contributed by atoms with Crippen LogP contribution in [-0.4, -0.2) is 50.4 Å². The van der Waals surface area contributed by atoms with Crippen LogP contribution in [0.3, 0.4) is 0 Å². The third-order valence-corrected chi connectivity index (χ3v) is 7.09. The lowest BCUT2D eigenvalue weighted by atomic mass is 9.98. The van der Waals surface area contributed by atoms with Gasteiger partial charge in [0.2, 0.25) is 0 Å². The molecule has 1 aliphatic rings. The van der Waals surface area contributed by atoms with Crippen molar-refractivity contribution in [2.24, 2.45) is 0 Å². The van der Waals surface area contributed by atoms with E-state index in [0.717, 1.165) is 27.8 Å². The number of hydrogen-bond donors (Lipinski definition) is 3. The largest absolute Gasteiger partial charge is 0.480 e. The lowest BCUT2D eigenvalue weighted by Gasteiger charge is -2.32. The van der Waals surface area contributed by atoms with Crippen molar-refractivity contribution in [3.8, 4) is 11.1 Å². The maximum Gasteiger partial charge on any atom is 0.435 e. The number of carboxylic acid groups (broad SMARTS) is 1. The Kier molecular flexibility index (Phi) is 7.56. The van der Waals surface area contributed by atoms with Crippen LogP contribution in [0, 0.1) is 0 Å². The standard InChI is InChI=1S/C26H26NO8P/c1-17(34-15-18-9-3-2-4-10-18)24(25(28)29)27(36(31,32)33)26(30)35-16-23-21-13-7-5-11-19(21)20-12-6-8-14-22(20)23/h2-14,17,23-24H,15-16H2,1H3,(H,28,29)(H2,31,32,33)/t17-,24+/m1/s1. The number of ether oxygens (including phenoxy) is 2. The van der Waals surface area contributed by atoms with E-state index in [0.29, 0.717) is 0 Å². The molecule has 0 fully saturated rings. The van der Waals surface area contributed by atoms with Crippen molar-refractivity contribution in [1.29, 1.82) is 0 Å². The van der Waals surface area contributed by atoms with Gasteiger partial charge in [0.25, 0.3) is 0 Å². The molecule has 0 heterocycles. The van der Waals surface area contributed by atoms with Gasteiger partial charge in [0, 0.05) is 5.92 Å². The number of nitrogens with zero attached hydrogens (tertiary/aromatic N) is 1. The van der Waals surface area contributed by atoms with E-state index >= 15 is 0 Å². The van der Waals surface area contributed by atoms with Crippen LogP contribution in [0.1, 0.15) is 29.5 Å². The molecule has 9 nitrogen and oxygen atoms in total. The summed E-state index contributed by atoms with van der Waals surface area (Å²) in [7, 11) is -5.39. The fraction of sp³-hybridized carbons (Fsp3) is 0.231.